The average molecular weight is 526 g/mol. The highest BCUT2D eigenvalue weighted by Gasteiger charge is 2.29. The van der Waals surface area contributed by atoms with Crippen molar-refractivity contribution >= 4 is 15.9 Å². The molecule has 3 rings (SSSR count). The first kappa shape index (κ1) is 28.8. The van der Waals surface area contributed by atoms with Crippen LogP contribution in [0.25, 0.3) is 0 Å². The summed E-state index contributed by atoms with van der Waals surface area (Å²) in [5.41, 5.74) is 1.26. The molecular formula is C26H43N3O6S. The summed E-state index contributed by atoms with van der Waals surface area (Å²) in [7, 11) is 1.22. The van der Waals surface area contributed by atoms with Crippen LogP contribution >= 0.6 is 0 Å². The van der Waals surface area contributed by atoms with Crippen molar-refractivity contribution in [3.8, 4) is 5.75 Å². The third kappa shape index (κ3) is 7.41. The number of ether oxygens (including phenoxy) is 3. The van der Waals surface area contributed by atoms with E-state index in [1.807, 2.05) is 7.05 Å². The van der Waals surface area contributed by atoms with Crippen molar-refractivity contribution in [2.75, 3.05) is 67.2 Å². The zero-order valence-corrected chi connectivity index (χ0v) is 23.3. The van der Waals surface area contributed by atoms with Gasteiger partial charge in [-0.1, -0.05) is 0 Å². The second-order valence-corrected chi connectivity index (χ2v) is 12.0. The number of carbonyl (C=O) groups is 1. The molecule has 2 fully saturated rings. The number of benzene rings is 1. The van der Waals surface area contributed by atoms with Gasteiger partial charge in [0.05, 0.1) is 31.3 Å². The lowest BCUT2D eigenvalue weighted by molar-refractivity contribution is -0.138. The highest BCUT2D eigenvalue weighted by Crippen LogP contribution is 2.28. The van der Waals surface area contributed by atoms with Crippen LogP contribution in [0.3, 0.4) is 0 Å². The minimum Gasteiger partial charge on any atom is -0.497 e. The Labute approximate surface area is 216 Å². The van der Waals surface area contributed by atoms with E-state index in [0.717, 1.165) is 38.8 Å². The van der Waals surface area contributed by atoms with Gasteiger partial charge < -0.3 is 24.0 Å². The minimum atomic E-state index is -3.69. The van der Waals surface area contributed by atoms with Gasteiger partial charge in [-0.05, 0) is 82.3 Å². The Kier molecular flexibility index (Phi) is 10.6. The zero-order chi connectivity index (χ0) is 26.3. The van der Waals surface area contributed by atoms with Crippen molar-refractivity contribution in [2.24, 2.45) is 0 Å². The minimum absolute atomic E-state index is 0.0675. The predicted octanol–water partition coefficient (Wildman–Crippen LogP) is 2.44. The molecule has 0 bridgehead atoms. The molecule has 1 heterocycles. The molecular weight excluding hydrogens is 482 g/mol. The summed E-state index contributed by atoms with van der Waals surface area (Å²) in [4.78, 5) is 17.2. The van der Waals surface area contributed by atoms with E-state index in [2.05, 4.69) is 4.90 Å². The molecule has 1 aliphatic carbocycles. The van der Waals surface area contributed by atoms with E-state index in [9.17, 15) is 13.2 Å². The first-order chi connectivity index (χ1) is 17.1. The van der Waals surface area contributed by atoms with E-state index < -0.39 is 10.0 Å². The Morgan fingerprint density at radius 2 is 1.78 bits per heavy atom. The SMILES string of the molecule is COc1cc(C)c(S(=O)(=O)N(C)CCOCC(=O)N(C)[C@@H]2CCC[C@H](OCCN3CCC3)C2)c(C)c1. The van der Waals surface area contributed by atoms with Crippen LogP contribution in [0.4, 0.5) is 0 Å². The van der Waals surface area contributed by atoms with Crippen molar-refractivity contribution in [1.29, 1.82) is 0 Å². The highest BCUT2D eigenvalue weighted by atomic mass is 32.2. The van der Waals surface area contributed by atoms with Gasteiger partial charge in [-0.3, -0.25) is 4.79 Å². The molecule has 1 aromatic rings. The molecule has 1 aromatic carbocycles. The van der Waals surface area contributed by atoms with Crippen molar-refractivity contribution < 1.29 is 27.4 Å². The van der Waals surface area contributed by atoms with Crippen LogP contribution in [0.2, 0.25) is 0 Å². The summed E-state index contributed by atoms with van der Waals surface area (Å²) in [6.45, 7) is 7.84. The molecule has 0 radical (unpaired) electrons. The monoisotopic (exact) mass is 525 g/mol. The molecule has 2 aliphatic rings. The molecule has 2 atom stereocenters. The van der Waals surface area contributed by atoms with Gasteiger partial charge in [0, 0.05) is 33.2 Å². The van der Waals surface area contributed by atoms with Crippen LogP contribution < -0.4 is 4.74 Å². The number of likely N-dealkylation sites (tertiary alicyclic amines) is 1. The van der Waals surface area contributed by atoms with Gasteiger partial charge in [0.15, 0.2) is 0 Å². The summed E-state index contributed by atoms with van der Waals surface area (Å²) in [5.74, 6) is 0.536. The molecule has 36 heavy (non-hydrogen) atoms. The molecule has 1 amide bonds. The number of likely N-dealkylation sites (N-methyl/N-ethyl adjacent to an activating group) is 2. The van der Waals surface area contributed by atoms with Gasteiger partial charge in [-0.25, -0.2) is 8.42 Å². The standard InChI is InChI=1S/C26H43N3O6S/c1-20-16-24(33-5)17-21(2)26(20)36(31,32)27(3)12-14-34-19-25(30)28(4)22-8-6-9-23(18-22)35-15-13-29-10-7-11-29/h16-17,22-23H,6-15,18-19H2,1-5H3/t22-,23+/m1/s1. The van der Waals surface area contributed by atoms with E-state index in [0.29, 0.717) is 16.9 Å². The van der Waals surface area contributed by atoms with Crippen LogP contribution in [0.5, 0.6) is 5.75 Å². The second-order valence-electron chi connectivity index (χ2n) is 9.98. The number of methoxy groups -OCH3 is 1. The average Bonchev–Trinajstić information content (AvgIpc) is 2.82. The number of aryl methyl sites for hydroxylation is 2. The van der Waals surface area contributed by atoms with Crippen molar-refractivity contribution in [1.82, 2.24) is 14.1 Å². The van der Waals surface area contributed by atoms with Crippen molar-refractivity contribution in [3.63, 3.8) is 0 Å². The molecule has 0 spiro atoms. The van der Waals surface area contributed by atoms with Crippen LogP contribution in [0.1, 0.15) is 43.2 Å². The maximum Gasteiger partial charge on any atom is 0.248 e. The summed E-state index contributed by atoms with van der Waals surface area (Å²) < 4.78 is 44.4. The summed E-state index contributed by atoms with van der Waals surface area (Å²) in [5, 5.41) is 0. The van der Waals surface area contributed by atoms with Gasteiger partial charge in [0.2, 0.25) is 15.9 Å². The first-order valence-corrected chi connectivity index (χ1v) is 14.4. The summed E-state index contributed by atoms with van der Waals surface area (Å²) >= 11 is 0. The van der Waals surface area contributed by atoms with Gasteiger partial charge >= 0.3 is 0 Å². The number of hydrogen-bond acceptors (Lipinski definition) is 7. The lowest BCUT2D eigenvalue weighted by Crippen LogP contribution is -2.44. The van der Waals surface area contributed by atoms with Gasteiger partial charge in [-0.15, -0.1) is 0 Å². The van der Waals surface area contributed by atoms with Crippen LogP contribution in [0, 0.1) is 13.8 Å². The Bertz CT molecular complexity index is 959. The Hall–Kier alpha value is -1.72. The number of nitrogens with zero attached hydrogens (tertiary/aromatic N) is 3. The Morgan fingerprint density at radius 1 is 1.08 bits per heavy atom. The lowest BCUT2D eigenvalue weighted by atomic mass is 9.92. The van der Waals surface area contributed by atoms with Crippen LogP contribution in [0.15, 0.2) is 17.0 Å². The summed E-state index contributed by atoms with van der Waals surface area (Å²) in [6, 6.07) is 3.57. The number of sulfonamides is 1. The summed E-state index contributed by atoms with van der Waals surface area (Å²) in [6.07, 6.45) is 5.39. The predicted molar refractivity (Wildman–Crippen MR) is 139 cm³/mol. The molecule has 1 aliphatic heterocycles. The highest BCUT2D eigenvalue weighted by molar-refractivity contribution is 7.89. The zero-order valence-electron chi connectivity index (χ0n) is 22.5. The van der Waals surface area contributed by atoms with E-state index in [1.54, 1.807) is 38.0 Å². The molecule has 9 nitrogen and oxygen atoms in total. The Morgan fingerprint density at radius 3 is 2.39 bits per heavy atom. The maximum absolute atomic E-state index is 13.1. The fourth-order valence-corrected chi connectivity index (χ4v) is 6.50. The van der Waals surface area contributed by atoms with Crippen LogP contribution in [-0.4, -0.2) is 108 Å². The smallest absolute Gasteiger partial charge is 0.248 e. The van der Waals surface area contributed by atoms with E-state index in [1.165, 1.54) is 30.9 Å². The third-order valence-electron chi connectivity index (χ3n) is 7.36. The normalized spacial score (nSPS) is 20.8. The largest absolute Gasteiger partial charge is 0.497 e. The molecule has 0 unspecified atom stereocenters. The molecule has 204 valence electrons. The third-order valence-corrected chi connectivity index (χ3v) is 9.53. The quantitative estimate of drug-likeness (QED) is 0.366. The first-order valence-electron chi connectivity index (χ1n) is 12.9. The Balaban J connectivity index is 1.41. The van der Waals surface area contributed by atoms with E-state index in [-0.39, 0.29) is 42.7 Å². The number of carbonyl (C=O) groups excluding carboxylic acids is 1. The van der Waals surface area contributed by atoms with Gasteiger partial charge in [0.1, 0.15) is 12.4 Å². The molecule has 0 aromatic heterocycles. The molecule has 10 heteroatoms. The topological polar surface area (TPSA) is 88.6 Å². The van der Waals surface area contributed by atoms with Gasteiger partial charge in [0.25, 0.3) is 0 Å². The maximum atomic E-state index is 13.1. The van der Waals surface area contributed by atoms with Crippen LogP contribution in [-0.2, 0) is 24.3 Å². The molecule has 0 N–H and O–H groups in total. The van der Waals surface area contributed by atoms with Crippen molar-refractivity contribution in [3.05, 3.63) is 23.3 Å². The lowest BCUT2D eigenvalue weighted by Gasteiger charge is -2.36. The number of rotatable bonds is 13. The van der Waals surface area contributed by atoms with Gasteiger partial charge in [-0.2, -0.15) is 4.31 Å². The van der Waals surface area contributed by atoms with E-state index >= 15 is 0 Å². The number of amides is 1. The fourth-order valence-electron chi connectivity index (χ4n) is 4.95. The van der Waals surface area contributed by atoms with Crippen molar-refractivity contribution in [2.45, 2.75) is 63.0 Å². The number of hydrogen-bond donors (Lipinski definition) is 0. The molecule has 1 saturated heterocycles. The fraction of sp³-hybridized carbons (Fsp3) is 0.731. The van der Waals surface area contributed by atoms with E-state index in [4.69, 9.17) is 14.2 Å². The molecule has 1 saturated carbocycles. The second kappa shape index (κ2) is 13.2.